The molecular weight excluding hydrogens is 378 g/mol. The SMILES string of the molecule is O=C(CCNC(=O)c1ccoc1)NNC(=O)c1ccc(COc2ccccc2)o1. The zero-order chi connectivity index (χ0) is 20.5. The first-order valence-corrected chi connectivity index (χ1v) is 8.78. The maximum atomic E-state index is 12.0. The Bertz CT molecular complexity index is 950. The van der Waals surface area contributed by atoms with Crippen molar-refractivity contribution in [3.05, 3.63) is 78.1 Å². The second-order valence-electron chi connectivity index (χ2n) is 5.89. The van der Waals surface area contributed by atoms with E-state index in [4.69, 9.17) is 13.6 Å². The van der Waals surface area contributed by atoms with Crippen LogP contribution in [0.15, 0.2) is 69.9 Å². The molecule has 0 spiro atoms. The standard InChI is InChI=1S/C20H19N3O6/c24-18(8-10-21-19(25)14-9-11-27-12-14)22-23-20(26)17-7-6-16(29-17)13-28-15-4-2-1-3-5-15/h1-7,9,11-12H,8,10,13H2,(H,21,25)(H,22,24)(H,23,26). The summed E-state index contributed by atoms with van der Waals surface area (Å²) in [6.07, 6.45) is 2.67. The highest BCUT2D eigenvalue weighted by Gasteiger charge is 2.13. The third kappa shape index (κ3) is 5.99. The van der Waals surface area contributed by atoms with Gasteiger partial charge in [-0.2, -0.15) is 0 Å². The lowest BCUT2D eigenvalue weighted by molar-refractivity contribution is -0.121. The molecule has 2 aromatic heterocycles. The number of hydrazine groups is 1. The molecule has 0 bridgehead atoms. The molecule has 0 aliphatic heterocycles. The summed E-state index contributed by atoms with van der Waals surface area (Å²) in [6, 6.07) is 13.8. The first kappa shape index (κ1) is 19.7. The van der Waals surface area contributed by atoms with E-state index >= 15 is 0 Å². The third-order valence-corrected chi connectivity index (χ3v) is 3.75. The van der Waals surface area contributed by atoms with Gasteiger partial charge in [-0.25, -0.2) is 0 Å². The Labute approximate surface area is 166 Å². The number of carbonyl (C=O) groups is 3. The summed E-state index contributed by atoms with van der Waals surface area (Å²) >= 11 is 0. The van der Waals surface area contributed by atoms with Gasteiger partial charge in [-0.1, -0.05) is 18.2 Å². The number of nitrogens with one attached hydrogen (secondary N) is 3. The van der Waals surface area contributed by atoms with Crippen LogP contribution < -0.4 is 20.9 Å². The van der Waals surface area contributed by atoms with Crippen molar-refractivity contribution in [3.8, 4) is 5.75 Å². The Morgan fingerprint density at radius 1 is 0.931 bits per heavy atom. The summed E-state index contributed by atoms with van der Waals surface area (Å²) in [4.78, 5) is 35.5. The van der Waals surface area contributed by atoms with Crippen LogP contribution in [0.25, 0.3) is 0 Å². The highest BCUT2D eigenvalue weighted by molar-refractivity contribution is 5.94. The number of carbonyl (C=O) groups excluding carboxylic acids is 3. The summed E-state index contributed by atoms with van der Waals surface area (Å²) in [5.41, 5.74) is 4.87. The van der Waals surface area contributed by atoms with Gasteiger partial charge >= 0.3 is 5.91 Å². The van der Waals surface area contributed by atoms with Crippen LogP contribution in [0.3, 0.4) is 0 Å². The van der Waals surface area contributed by atoms with Crippen LogP contribution >= 0.6 is 0 Å². The number of para-hydroxylation sites is 1. The monoisotopic (exact) mass is 397 g/mol. The fourth-order valence-corrected chi connectivity index (χ4v) is 2.28. The van der Waals surface area contributed by atoms with E-state index in [1.807, 2.05) is 30.3 Å². The lowest BCUT2D eigenvalue weighted by Gasteiger charge is -2.07. The van der Waals surface area contributed by atoms with Crippen molar-refractivity contribution in [2.24, 2.45) is 0 Å². The molecule has 0 saturated carbocycles. The van der Waals surface area contributed by atoms with Gasteiger partial charge in [-0.3, -0.25) is 25.2 Å². The number of benzene rings is 1. The van der Waals surface area contributed by atoms with Crippen LogP contribution in [0.1, 0.15) is 33.1 Å². The van der Waals surface area contributed by atoms with Crippen molar-refractivity contribution >= 4 is 17.7 Å². The molecule has 1 aromatic carbocycles. The maximum Gasteiger partial charge on any atom is 0.305 e. The predicted molar refractivity (Wildman–Crippen MR) is 101 cm³/mol. The number of hydrogen-bond acceptors (Lipinski definition) is 6. The first-order chi connectivity index (χ1) is 14.1. The predicted octanol–water partition coefficient (Wildman–Crippen LogP) is 2.03. The van der Waals surface area contributed by atoms with Crippen molar-refractivity contribution in [1.29, 1.82) is 0 Å². The zero-order valence-electron chi connectivity index (χ0n) is 15.3. The Balaban J connectivity index is 1.36. The molecule has 150 valence electrons. The molecule has 2 heterocycles. The fraction of sp³-hybridized carbons (Fsp3) is 0.150. The van der Waals surface area contributed by atoms with Gasteiger partial charge in [0.25, 0.3) is 5.91 Å². The van der Waals surface area contributed by atoms with Gasteiger partial charge in [0.15, 0.2) is 5.76 Å². The maximum absolute atomic E-state index is 12.0. The second-order valence-corrected chi connectivity index (χ2v) is 5.89. The summed E-state index contributed by atoms with van der Waals surface area (Å²) < 4.78 is 15.7. The topological polar surface area (TPSA) is 123 Å². The number of furan rings is 2. The quantitative estimate of drug-likeness (QED) is 0.500. The Morgan fingerprint density at radius 3 is 2.52 bits per heavy atom. The number of ether oxygens (including phenoxy) is 1. The highest BCUT2D eigenvalue weighted by atomic mass is 16.5. The zero-order valence-corrected chi connectivity index (χ0v) is 15.3. The van der Waals surface area contributed by atoms with Crippen LogP contribution in [0.2, 0.25) is 0 Å². The van der Waals surface area contributed by atoms with Crippen molar-refractivity contribution in [2.75, 3.05) is 6.54 Å². The summed E-state index contributed by atoms with van der Waals surface area (Å²) in [7, 11) is 0. The second kappa shape index (κ2) is 9.79. The Hall–Kier alpha value is -4.01. The Morgan fingerprint density at radius 2 is 1.76 bits per heavy atom. The van der Waals surface area contributed by atoms with Gasteiger partial charge < -0.3 is 18.9 Å². The van der Waals surface area contributed by atoms with Crippen molar-refractivity contribution in [3.63, 3.8) is 0 Å². The van der Waals surface area contributed by atoms with E-state index < -0.39 is 11.8 Å². The van der Waals surface area contributed by atoms with Crippen LogP contribution in [0.5, 0.6) is 5.75 Å². The van der Waals surface area contributed by atoms with E-state index in [1.165, 1.54) is 24.7 Å². The van der Waals surface area contributed by atoms with Gasteiger partial charge in [-0.15, -0.1) is 0 Å². The molecule has 29 heavy (non-hydrogen) atoms. The van der Waals surface area contributed by atoms with E-state index in [2.05, 4.69) is 16.2 Å². The number of hydrogen-bond donors (Lipinski definition) is 3. The molecule has 0 fully saturated rings. The molecule has 0 radical (unpaired) electrons. The van der Waals surface area contributed by atoms with Gasteiger partial charge in [0, 0.05) is 13.0 Å². The van der Waals surface area contributed by atoms with Crippen LogP contribution in [0.4, 0.5) is 0 Å². The summed E-state index contributed by atoms with van der Waals surface area (Å²) in [5.74, 6) is -0.243. The molecule has 0 aliphatic rings. The molecule has 9 nitrogen and oxygen atoms in total. The lowest BCUT2D eigenvalue weighted by atomic mass is 10.3. The van der Waals surface area contributed by atoms with Crippen LogP contribution in [0, 0.1) is 0 Å². The number of rotatable bonds is 8. The Kier molecular flexibility index (Phi) is 6.66. The van der Waals surface area contributed by atoms with E-state index in [0.29, 0.717) is 17.1 Å². The van der Waals surface area contributed by atoms with Gasteiger partial charge in [0.05, 0.1) is 11.8 Å². The smallest absolute Gasteiger partial charge is 0.305 e. The van der Waals surface area contributed by atoms with Crippen molar-refractivity contribution in [1.82, 2.24) is 16.2 Å². The molecule has 3 aromatic rings. The summed E-state index contributed by atoms with van der Waals surface area (Å²) in [5, 5.41) is 2.56. The average Bonchev–Trinajstić information content (AvgIpc) is 3.43. The minimum atomic E-state index is -0.605. The molecule has 3 N–H and O–H groups in total. The van der Waals surface area contributed by atoms with E-state index in [0.717, 1.165) is 0 Å². The molecule has 0 unspecified atom stereocenters. The molecule has 0 aliphatic carbocycles. The van der Waals surface area contributed by atoms with Crippen molar-refractivity contribution in [2.45, 2.75) is 13.0 Å². The highest BCUT2D eigenvalue weighted by Crippen LogP contribution is 2.13. The van der Waals surface area contributed by atoms with Gasteiger partial charge in [0.1, 0.15) is 24.4 Å². The lowest BCUT2D eigenvalue weighted by Crippen LogP contribution is -2.42. The number of amides is 3. The molecule has 9 heteroatoms. The van der Waals surface area contributed by atoms with E-state index in [9.17, 15) is 14.4 Å². The van der Waals surface area contributed by atoms with Gasteiger partial charge in [0.2, 0.25) is 5.91 Å². The normalized spacial score (nSPS) is 10.2. The van der Waals surface area contributed by atoms with Crippen LogP contribution in [-0.4, -0.2) is 24.3 Å². The molecule has 0 atom stereocenters. The molecular formula is C20H19N3O6. The van der Waals surface area contributed by atoms with E-state index in [-0.39, 0.29) is 31.2 Å². The minimum Gasteiger partial charge on any atom is -0.486 e. The molecule has 3 amide bonds. The minimum absolute atomic E-state index is 0.0157. The van der Waals surface area contributed by atoms with Crippen LogP contribution in [-0.2, 0) is 11.4 Å². The largest absolute Gasteiger partial charge is 0.486 e. The van der Waals surface area contributed by atoms with Gasteiger partial charge in [-0.05, 0) is 30.3 Å². The average molecular weight is 397 g/mol. The first-order valence-electron chi connectivity index (χ1n) is 8.78. The van der Waals surface area contributed by atoms with E-state index in [1.54, 1.807) is 6.07 Å². The fourth-order valence-electron chi connectivity index (χ4n) is 2.28. The van der Waals surface area contributed by atoms with Crippen molar-refractivity contribution < 1.29 is 28.0 Å². The third-order valence-electron chi connectivity index (χ3n) is 3.75. The molecule has 0 saturated heterocycles. The summed E-state index contributed by atoms with van der Waals surface area (Å²) in [6.45, 7) is 0.271. The molecule has 3 rings (SSSR count).